The van der Waals surface area contributed by atoms with Crippen molar-refractivity contribution in [3.05, 3.63) is 94.6 Å². The third kappa shape index (κ3) is 7.23. The molecule has 0 bridgehead atoms. The molecule has 13 nitrogen and oxygen atoms in total. The molecule has 1 aliphatic rings. The fourth-order valence-corrected chi connectivity index (χ4v) is 6.13. The number of benzene rings is 4. The highest BCUT2D eigenvalue weighted by Crippen LogP contribution is 2.49. The number of methoxy groups -OCH3 is 7. The number of fused-ring (bicyclic) bond motifs is 1. The van der Waals surface area contributed by atoms with Gasteiger partial charge in [-0.25, -0.2) is 4.79 Å². The highest BCUT2D eigenvalue weighted by Gasteiger charge is 2.49. The van der Waals surface area contributed by atoms with E-state index in [0.29, 0.717) is 68.0 Å². The minimum atomic E-state index is -2.15. The molecule has 6 rings (SSSR count). The molecule has 1 unspecified atom stereocenters. The van der Waals surface area contributed by atoms with Gasteiger partial charge in [0.1, 0.15) is 17.3 Å². The molecule has 266 valence electrons. The third-order valence-electron chi connectivity index (χ3n) is 8.13. The largest absolute Gasteiger partial charge is 0.493 e. The van der Waals surface area contributed by atoms with Gasteiger partial charge in [-0.2, -0.15) is 8.75 Å². The summed E-state index contributed by atoms with van der Waals surface area (Å²) in [6.07, 6.45) is 0.907. The van der Waals surface area contributed by atoms with Gasteiger partial charge in [0.05, 0.1) is 67.1 Å². The molecule has 1 aromatic heterocycles. The number of carbonyl (C=O) groups is 2. The molecule has 4 aromatic carbocycles. The Hall–Kier alpha value is -5.86. The smallest absolute Gasteiger partial charge is 0.342 e. The lowest BCUT2D eigenvalue weighted by Gasteiger charge is -2.27. The Balaban J connectivity index is 0.000000357. The summed E-state index contributed by atoms with van der Waals surface area (Å²) >= 11 is 1.08. The third-order valence-corrected chi connectivity index (χ3v) is 8.68. The van der Waals surface area contributed by atoms with E-state index in [1.165, 1.54) is 35.5 Å². The first-order valence-corrected chi connectivity index (χ1v) is 16.0. The summed E-state index contributed by atoms with van der Waals surface area (Å²) in [5.74, 6) is 0.347. The van der Waals surface area contributed by atoms with Crippen LogP contribution in [0, 0.1) is 0 Å². The number of hydrogen-bond donors (Lipinski definition) is 1. The topological polar surface area (TPSA) is 154 Å². The Bertz CT molecular complexity index is 2070. The van der Waals surface area contributed by atoms with E-state index < -0.39 is 11.8 Å². The molecule has 1 aliphatic heterocycles. The minimum Gasteiger partial charge on any atom is -0.493 e. The van der Waals surface area contributed by atoms with Crippen LogP contribution in [0.1, 0.15) is 27.0 Å². The number of carbonyl (C=O) groups excluding carboxylic acids is 2. The van der Waals surface area contributed by atoms with Crippen LogP contribution in [0.5, 0.6) is 40.2 Å². The van der Waals surface area contributed by atoms with Gasteiger partial charge >= 0.3 is 5.97 Å². The maximum Gasteiger partial charge on any atom is 0.342 e. The number of hydrogen-bond acceptors (Lipinski definition) is 14. The van der Waals surface area contributed by atoms with Gasteiger partial charge in [-0.15, -0.1) is 0 Å². The summed E-state index contributed by atoms with van der Waals surface area (Å²) in [4.78, 5) is 23.9. The summed E-state index contributed by atoms with van der Waals surface area (Å²) in [5.41, 5.74) is 3.97. The van der Waals surface area contributed by atoms with E-state index >= 15 is 0 Å². The molecule has 0 aliphatic carbocycles. The molecule has 0 saturated carbocycles. The first-order chi connectivity index (χ1) is 24.7. The molecule has 0 radical (unpaired) electrons. The van der Waals surface area contributed by atoms with Crippen LogP contribution in [-0.2, 0) is 21.7 Å². The van der Waals surface area contributed by atoms with E-state index in [1.807, 2.05) is 6.07 Å². The standard InChI is InChI=1S/C28H26N2O8S.C9H10O3/c1-33-21-9-6-15(11-22(21)34-2)10-18-25(16-7-8-19-20(12-16)30-39-29-19)27(31)38-28(18,32)17-13-23(35-3)26(37-5)24(14-17)36-4;1-11-8-4-3-7(6-10)5-9(8)12-2/h6-9,11-14,32H,10H2,1-5H3;3-6H,1-2H3. The molecule has 51 heavy (non-hydrogen) atoms. The number of esters is 1. The van der Waals surface area contributed by atoms with E-state index in [4.69, 9.17) is 37.9 Å². The quantitative estimate of drug-likeness (QED) is 0.125. The molecule has 1 atom stereocenters. The van der Waals surface area contributed by atoms with Crippen LogP contribution in [0.3, 0.4) is 0 Å². The van der Waals surface area contributed by atoms with Crippen molar-refractivity contribution in [1.82, 2.24) is 8.75 Å². The van der Waals surface area contributed by atoms with Crippen molar-refractivity contribution in [2.75, 3.05) is 49.8 Å². The lowest BCUT2D eigenvalue weighted by Crippen LogP contribution is -2.30. The van der Waals surface area contributed by atoms with Crippen molar-refractivity contribution >= 4 is 40.6 Å². The van der Waals surface area contributed by atoms with Gasteiger partial charge in [-0.3, -0.25) is 4.79 Å². The number of aliphatic hydroxyl groups is 1. The predicted molar refractivity (Wildman–Crippen MR) is 189 cm³/mol. The van der Waals surface area contributed by atoms with Crippen LogP contribution >= 0.6 is 11.7 Å². The van der Waals surface area contributed by atoms with Crippen molar-refractivity contribution in [2.45, 2.75) is 12.2 Å². The van der Waals surface area contributed by atoms with Gasteiger partial charge in [-0.1, -0.05) is 12.1 Å². The highest BCUT2D eigenvalue weighted by atomic mass is 32.1. The number of rotatable bonds is 12. The van der Waals surface area contributed by atoms with E-state index in [0.717, 1.165) is 23.6 Å². The number of aromatic nitrogens is 2. The Morgan fingerprint density at radius 2 is 1.27 bits per heavy atom. The number of nitrogens with zero attached hydrogens (tertiary/aromatic N) is 2. The zero-order valence-corrected chi connectivity index (χ0v) is 29.8. The molecule has 0 amide bonds. The molecule has 0 saturated heterocycles. The molecular formula is C37H36N2O11S. The van der Waals surface area contributed by atoms with Gasteiger partial charge < -0.3 is 43.0 Å². The van der Waals surface area contributed by atoms with Crippen molar-refractivity contribution < 1.29 is 52.6 Å². The second-order valence-corrected chi connectivity index (χ2v) is 11.4. The van der Waals surface area contributed by atoms with Crippen molar-refractivity contribution in [1.29, 1.82) is 0 Å². The Kier molecular flexibility index (Phi) is 11.3. The van der Waals surface area contributed by atoms with E-state index in [9.17, 15) is 14.7 Å². The van der Waals surface area contributed by atoms with Crippen molar-refractivity contribution in [3.8, 4) is 40.2 Å². The average Bonchev–Trinajstić information content (AvgIpc) is 3.74. The second kappa shape index (κ2) is 15.8. The maximum atomic E-state index is 13.5. The summed E-state index contributed by atoms with van der Waals surface area (Å²) in [5, 5.41) is 12.2. The monoisotopic (exact) mass is 716 g/mol. The summed E-state index contributed by atoms with van der Waals surface area (Å²) in [7, 11) is 10.6. The van der Waals surface area contributed by atoms with E-state index in [1.54, 1.807) is 74.9 Å². The van der Waals surface area contributed by atoms with E-state index in [2.05, 4.69) is 8.75 Å². The van der Waals surface area contributed by atoms with E-state index in [-0.39, 0.29) is 17.6 Å². The second-order valence-electron chi connectivity index (χ2n) is 10.9. The number of ether oxygens (including phenoxy) is 8. The van der Waals surface area contributed by atoms with Crippen LogP contribution in [-0.4, -0.2) is 75.9 Å². The summed E-state index contributed by atoms with van der Waals surface area (Å²) < 4.78 is 51.6. The minimum absolute atomic E-state index is 0.141. The summed E-state index contributed by atoms with van der Waals surface area (Å²) in [6, 6.07) is 18.8. The lowest BCUT2D eigenvalue weighted by molar-refractivity contribution is -0.185. The fourth-order valence-electron chi connectivity index (χ4n) is 5.61. The van der Waals surface area contributed by atoms with Gasteiger partial charge in [0.15, 0.2) is 34.5 Å². The molecule has 0 spiro atoms. The number of aldehydes is 1. The first kappa shape index (κ1) is 36.4. The Morgan fingerprint density at radius 1 is 0.686 bits per heavy atom. The summed E-state index contributed by atoms with van der Waals surface area (Å²) in [6.45, 7) is 0. The predicted octanol–water partition coefficient (Wildman–Crippen LogP) is 5.65. The lowest BCUT2D eigenvalue weighted by atomic mass is 9.87. The zero-order valence-electron chi connectivity index (χ0n) is 29.0. The Labute approximate surface area is 298 Å². The van der Waals surface area contributed by atoms with Gasteiger partial charge in [0.2, 0.25) is 5.75 Å². The van der Waals surface area contributed by atoms with Crippen LogP contribution < -0.4 is 33.2 Å². The van der Waals surface area contributed by atoms with Gasteiger partial charge in [0, 0.05) is 23.1 Å². The molecular weight excluding hydrogens is 680 g/mol. The molecule has 14 heteroatoms. The molecule has 2 heterocycles. The number of cyclic esters (lactones) is 1. The fraction of sp³-hybridized carbons (Fsp3) is 0.243. The zero-order chi connectivity index (χ0) is 36.7. The SMILES string of the molecule is COc1ccc(C=O)cc1OC.COc1ccc(CC2=C(c3ccc4nsnc4c3)C(=O)OC2(O)c2cc(OC)c(OC)c(OC)c2)cc1OC. The van der Waals surface area contributed by atoms with Crippen LogP contribution in [0.2, 0.25) is 0 Å². The van der Waals surface area contributed by atoms with Crippen molar-refractivity contribution in [2.24, 2.45) is 0 Å². The molecule has 0 fully saturated rings. The molecule has 1 N–H and O–H groups in total. The normalized spacial score (nSPS) is 15.0. The maximum absolute atomic E-state index is 13.5. The Morgan fingerprint density at radius 3 is 1.86 bits per heavy atom. The van der Waals surface area contributed by atoms with Crippen LogP contribution in [0.25, 0.3) is 16.6 Å². The van der Waals surface area contributed by atoms with Gasteiger partial charge in [-0.05, 0) is 65.7 Å². The first-order valence-electron chi connectivity index (χ1n) is 15.3. The van der Waals surface area contributed by atoms with Gasteiger partial charge in [0.25, 0.3) is 5.79 Å². The average molecular weight is 717 g/mol. The van der Waals surface area contributed by atoms with Crippen LogP contribution in [0.4, 0.5) is 0 Å². The van der Waals surface area contributed by atoms with Crippen LogP contribution in [0.15, 0.2) is 72.3 Å². The molecule has 5 aromatic rings. The van der Waals surface area contributed by atoms with Crippen molar-refractivity contribution in [3.63, 3.8) is 0 Å². The highest BCUT2D eigenvalue weighted by molar-refractivity contribution is 7.00.